The van der Waals surface area contributed by atoms with Crippen molar-refractivity contribution in [1.29, 1.82) is 0 Å². The van der Waals surface area contributed by atoms with Crippen LogP contribution < -0.4 is 23.8 Å². The molecule has 35 heavy (non-hydrogen) atoms. The molecule has 10 heteroatoms. The Bertz CT molecular complexity index is 1250. The number of rotatable bonds is 11. The second kappa shape index (κ2) is 11.8. The van der Waals surface area contributed by atoms with Gasteiger partial charge in [-0.15, -0.1) is 0 Å². The van der Waals surface area contributed by atoms with Gasteiger partial charge in [-0.25, -0.2) is 8.42 Å². The molecule has 1 amide bonds. The van der Waals surface area contributed by atoms with E-state index in [0.29, 0.717) is 16.5 Å². The minimum absolute atomic E-state index is 0.0480. The number of hydrogen-bond donors (Lipinski definition) is 1. The number of sulfonamides is 1. The Kier molecular flexibility index (Phi) is 8.84. The van der Waals surface area contributed by atoms with Gasteiger partial charge in [0, 0.05) is 11.1 Å². The van der Waals surface area contributed by atoms with Gasteiger partial charge >= 0.3 is 0 Å². The van der Waals surface area contributed by atoms with Crippen LogP contribution in [0.25, 0.3) is 0 Å². The molecule has 186 valence electrons. The lowest BCUT2D eigenvalue weighted by molar-refractivity contribution is -0.119. The summed E-state index contributed by atoms with van der Waals surface area (Å²) in [6, 6.07) is 18.0. The van der Waals surface area contributed by atoms with Crippen LogP contribution in [0.3, 0.4) is 0 Å². The number of anilines is 1. The third-order valence-electron chi connectivity index (χ3n) is 5.06. The average Bonchev–Trinajstić information content (AvgIpc) is 2.86. The number of benzene rings is 3. The summed E-state index contributed by atoms with van der Waals surface area (Å²) in [5, 5.41) is 3.29. The Morgan fingerprint density at radius 1 is 0.943 bits per heavy atom. The molecule has 0 aromatic heterocycles. The molecule has 3 aromatic rings. The van der Waals surface area contributed by atoms with E-state index in [4.69, 9.17) is 25.8 Å². The fraction of sp³-hybridized carbons (Fsp3) is 0.240. The van der Waals surface area contributed by atoms with Crippen LogP contribution >= 0.6 is 11.6 Å². The number of aryl methyl sites for hydroxylation is 1. The number of hydrogen-bond acceptors (Lipinski definition) is 6. The first-order chi connectivity index (χ1) is 16.7. The van der Waals surface area contributed by atoms with Gasteiger partial charge in [-0.2, -0.15) is 0 Å². The molecule has 0 radical (unpaired) electrons. The Labute approximate surface area is 210 Å². The monoisotopic (exact) mass is 518 g/mol. The van der Waals surface area contributed by atoms with Crippen molar-refractivity contribution in [3.05, 3.63) is 77.3 Å². The van der Waals surface area contributed by atoms with E-state index in [1.54, 1.807) is 48.5 Å². The molecule has 3 rings (SSSR count). The van der Waals surface area contributed by atoms with Crippen LogP contribution in [-0.4, -0.2) is 48.2 Å². The van der Waals surface area contributed by atoms with Crippen molar-refractivity contribution in [2.75, 3.05) is 38.2 Å². The van der Waals surface area contributed by atoms with Crippen LogP contribution in [0.5, 0.6) is 17.2 Å². The number of carbonyl (C=O) groups is 1. The van der Waals surface area contributed by atoms with Gasteiger partial charge in [-0.05, 0) is 55.5 Å². The smallest absolute Gasteiger partial charge is 0.264 e. The van der Waals surface area contributed by atoms with Crippen molar-refractivity contribution in [2.24, 2.45) is 0 Å². The summed E-state index contributed by atoms with van der Waals surface area (Å²) in [4.78, 5) is 12.9. The third-order valence-corrected chi connectivity index (χ3v) is 7.08. The number of halogens is 1. The quantitative estimate of drug-likeness (QED) is 0.385. The highest BCUT2D eigenvalue weighted by atomic mass is 35.5. The van der Waals surface area contributed by atoms with Gasteiger partial charge in [0.15, 0.2) is 0 Å². The first-order valence-electron chi connectivity index (χ1n) is 10.7. The fourth-order valence-corrected chi connectivity index (χ4v) is 4.75. The topological polar surface area (TPSA) is 94.2 Å². The molecule has 1 N–H and O–H groups in total. The molecule has 0 spiro atoms. The molecule has 0 fully saturated rings. The molecule has 0 bridgehead atoms. The van der Waals surface area contributed by atoms with Gasteiger partial charge in [0.2, 0.25) is 5.91 Å². The summed E-state index contributed by atoms with van der Waals surface area (Å²) < 4.78 is 44.5. The minimum Gasteiger partial charge on any atom is -0.497 e. The zero-order chi connectivity index (χ0) is 25.4. The predicted octanol–water partition coefficient (Wildman–Crippen LogP) is 4.06. The average molecular weight is 519 g/mol. The van der Waals surface area contributed by atoms with Crippen LogP contribution in [-0.2, 0) is 14.8 Å². The normalized spacial score (nSPS) is 11.0. The van der Waals surface area contributed by atoms with Gasteiger partial charge in [0.05, 0.1) is 31.3 Å². The van der Waals surface area contributed by atoms with E-state index in [-0.39, 0.29) is 29.5 Å². The van der Waals surface area contributed by atoms with E-state index >= 15 is 0 Å². The standard InChI is InChI=1S/C25H27ClN2O6S/c1-18-4-11-22(12-5-18)35(30,31)28(23-16-21(32-2)10-13-24(23)33-3)17-25(29)27-14-15-34-20-8-6-19(26)7-9-20/h4-13,16H,14-15,17H2,1-3H3,(H,27,29). The van der Waals surface area contributed by atoms with Crippen LogP contribution in [0.15, 0.2) is 71.6 Å². The molecule has 0 saturated heterocycles. The number of methoxy groups -OCH3 is 2. The molecule has 0 aliphatic heterocycles. The van der Waals surface area contributed by atoms with Crippen LogP contribution in [0.1, 0.15) is 5.56 Å². The molecular weight excluding hydrogens is 492 g/mol. The zero-order valence-electron chi connectivity index (χ0n) is 19.7. The maximum absolute atomic E-state index is 13.6. The lowest BCUT2D eigenvalue weighted by Crippen LogP contribution is -2.42. The Balaban J connectivity index is 1.81. The lowest BCUT2D eigenvalue weighted by Gasteiger charge is -2.26. The molecular formula is C25H27ClN2O6S. The van der Waals surface area contributed by atoms with Crippen molar-refractivity contribution in [2.45, 2.75) is 11.8 Å². The molecule has 0 heterocycles. The molecule has 8 nitrogen and oxygen atoms in total. The van der Waals surface area contributed by atoms with Gasteiger partial charge in [0.25, 0.3) is 10.0 Å². The number of ether oxygens (including phenoxy) is 3. The Hall–Kier alpha value is -3.43. The highest BCUT2D eigenvalue weighted by Gasteiger charge is 2.30. The SMILES string of the molecule is COc1ccc(OC)c(N(CC(=O)NCCOc2ccc(Cl)cc2)S(=O)(=O)c2ccc(C)cc2)c1. The van der Waals surface area contributed by atoms with Gasteiger partial charge in [-0.3, -0.25) is 9.10 Å². The molecule has 0 aliphatic rings. The van der Waals surface area contributed by atoms with E-state index in [9.17, 15) is 13.2 Å². The van der Waals surface area contributed by atoms with Gasteiger partial charge in [0.1, 0.15) is 30.4 Å². The van der Waals surface area contributed by atoms with Gasteiger partial charge in [-0.1, -0.05) is 29.3 Å². The summed E-state index contributed by atoms with van der Waals surface area (Å²) >= 11 is 5.86. The van der Waals surface area contributed by atoms with Crippen molar-refractivity contribution in [1.82, 2.24) is 5.32 Å². The second-order valence-electron chi connectivity index (χ2n) is 7.51. The molecule has 0 atom stereocenters. The summed E-state index contributed by atoms with van der Waals surface area (Å²) in [6.07, 6.45) is 0. The van der Waals surface area contributed by atoms with E-state index in [1.165, 1.54) is 32.4 Å². The summed E-state index contributed by atoms with van der Waals surface area (Å²) in [5.41, 5.74) is 1.09. The van der Waals surface area contributed by atoms with Crippen molar-refractivity contribution < 1.29 is 27.4 Å². The van der Waals surface area contributed by atoms with Crippen LogP contribution in [0.2, 0.25) is 5.02 Å². The molecule has 0 saturated carbocycles. The number of carbonyl (C=O) groups excluding carboxylic acids is 1. The lowest BCUT2D eigenvalue weighted by atomic mass is 10.2. The molecule has 3 aromatic carbocycles. The minimum atomic E-state index is -4.11. The van der Waals surface area contributed by atoms with E-state index in [0.717, 1.165) is 9.87 Å². The van der Waals surface area contributed by atoms with Gasteiger partial charge < -0.3 is 19.5 Å². The van der Waals surface area contributed by atoms with E-state index in [1.807, 2.05) is 6.92 Å². The van der Waals surface area contributed by atoms with E-state index < -0.39 is 22.5 Å². The molecule has 0 unspecified atom stereocenters. The first-order valence-corrected chi connectivity index (χ1v) is 12.5. The Morgan fingerprint density at radius 3 is 2.23 bits per heavy atom. The van der Waals surface area contributed by atoms with Crippen LogP contribution in [0, 0.1) is 6.92 Å². The number of amides is 1. The maximum atomic E-state index is 13.6. The zero-order valence-corrected chi connectivity index (χ0v) is 21.2. The predicted molar refractivity (Wildman–Crippen MR) is 135 cm³/mol. The summed E-state index contributed by atoms with van der Waals surface area (Å²) in [5.74, 6) is 0.792. The third kappa shape index (κ3) is 6.80. The highest BCUT2D eigenvalue weighted by Crippen LogP contribution is 2.35. The van der Waals surface area contributed by atoms with Crippen molar-refractivity contribution >= 4 is 33.2 Å². The largest absolute Gasteiger partial charge is 0.497 e. The summed E-state index contributed by atoms with van der Waals surface area (Å²) in [6.45, 7) is 1.76. The van der Waals surface area contributed by atoms with E-state index in [2.05, 4.69) is 5.32 Å². The van der Waals surface area contributed by atoms with Crippen molar-refractivity contribution in [3.8, 4) is 17.2 Å². The number of nitrogens with zero attached hydrogens (tertiary/aromatic N) is 1. The first kappa shape index (κ1) is 26.2. The van der Waals surface area contributed by atoms with Crippen LogP contribution in [0.4, 0.5) is 5.69 Å². The number of nitrogens with one attached hydrogen (secondary N) is 1. The highest BCUT2D eigenvalue weighted by molar-refractivity contribution is 7.92. The second-order valence-corrected chi connectivity index (χ2v) is 9.81. The molecule has 0 aliphatic carbocycles. The maximum Gasteiger partial charge on any atom is 0.264 e. The van der Waals surface area contributed by atoms with Crippen molar-refractivity contribution in [3.63, 3.8) is 0 Å². The Morgan fingerprint density at radius 2 is 1.60 bits per heavy atom. The fourth-order valence-electron chi connectivity index (χ4n) is 3.21. The summed E-state index contributed by atoms with van der Waals surface area (Å²) in [7, 11) is -1.21.